The molecule has 0 bridgehead atoms. The number of nitrogens with zero attached hydrogens (tertiary/aromatic N) is 1. The number of methoxy groups -OCH3 is 1. The number of esters is 1. The molecule has 12 heteroatoms. The van der Waals surface area contributed by atoms with Crippen molar-refractivity contribution in [2.45, 2.75) is 5.51 Å². The van der Waals surface area contributed by atoms with E-state index in [2.05, 4.69) is 4.74 Å². The molecule has 0 aromatic heterocycles. The zero-order chi connectivity index (χ0) is 19.5. The molecule has 0 spiro atoms. The summed E-state index contributed by atoms with van der Waals surface area (Å²) in [6.45, 7) is 0. The number of quaternary nitrogens is 1. The first-order valence-corrected chi connectivity index (χ1v) is 7.77. The monoisotopic (exact) mass is 396 g/mol. The van der Waals surface area contributed by atoms with Crippen molar-refractivity contribution in [2.75, 3.05) is 28.3 Å². The van der Waals surface area contributed by atoms with Crippen molar-refractivity contribution in [2.24, 2.45) is 0 Å². The van der Waals surface area contributed by atoms with Crippen LogP contribution in [0.25, 0.3) is 0 Å². The number of alkyl halides is 3. The van der Waals surface area contributed by atoms with Crippen LogP contribution in [0.4, 0.5) is 23.2 Å². The molecule has 0 heterocycles. The first-order chi connectivity index (χ1) is 10.5. The minimum absolute atomic E-state index is 0.0406. The minimum Gasteiger partial charge on any atom is -0.465 e. The van der Waals surface area contributed by atoms with Gasteiger partial charge in [-0.05, 0) is 6.07 Å². The summed E-state index contributed by atoms with van der Waals surface area (Å²) in [7, 11) is 0.822. The molecular weight excluding hydrogens is 382 g/mol. The summed E-state index contributed by atoms with van der Waals surface area (Å²) in [5, 5.41) is 0.191. The van der Waals surface area contributed by atoms with Crippen molar-refractivity contribution in [1.29, 1.82) is 0 Å². The molecule has 0 unspecified atom stereocenters. The van der Waals surface area contributed by atoms with E-state index in [0.29, 0.717) is 5.69 Å². The second kappa shape index (κ2) is 7.64. The Labute approximate surface area is 140 Å². The van der Waals surface area contributed by atoms with Gasteiger partial charge < -0.3 is 4.74 Å². The smallest absolute Gasteiger partial charge is 0.465 e. The molecule has 1 aromatic carbocycles. The van der Waals surface area contributed by atoms with Crippen LogP contribution in [0.5, 0.6) is 0 Å². The van der Waals surface area contributed by atoms with Gasteiger partial charge in [0.15, 0.2) is 11.5 Å². The number of hydrogen-bond donors (Lipinski definition) is 1. The lowest BCUT2D eigenvalue weighted by atomic mass is 10.1. The van der Waals surface area contributed by atoms with Gasteiger partial charge in [-0.15, -0.1) is 0 Å². The summed E-state index contributed by atoms with van der Waals surface area (Å²) in [5.74, 6) is -1.12. The summed E-state index contributed by atoms with van der Waals surface area (Å²) in [5.41, 5.74) is -5.08. The van der Waals surface area contributed by atoms with Gasteiger partial charge in [0.1, 0.15) is 0 Å². The lowest BCUT2D eigenvalue weighted by molar-refractivity contribution is -0.0510. The first-order valence-electron chi connectivity index (χ1n) is 5.95. The molecule has 0 radical (unpaired) electrons. The van der Waals surface area contributed by atoms with Crippen LogP contribution in [-0.2, 0) is 14.9 Å². The van der Waals surface area contributed by atoms with Gasteiger partial charge >= 0.3 is 21.6 Å². The Bertz CT molecular complexity index is 713. The van der Waals surface area contributed by atoms with Crippen LogP contribution >= 0.6 is 11.6 Å². The van der Waals surface area contributed by atoms with Gasteiger partial charge in [0, 0.05) is 6.07 Å². The van der Waals surface area contributed by atoms with Gasteiger partial charge in [-0.2, -0.15) is 21.6 Å². The molecule has 0 aliphatic rings. The normalized spacial score (nSPS) is 12.2. The maximum absolute atomic E-state index is 13.7. The quantitative estimate of drug-likeness (QED) is 0.273. The van der Waals surface area contributed by atoms with Crippen molar-refractivity contribution in [3.8, 4) is 0 Å². The molecule has 24 heavy (non-hydrogen) atoms. The van der Waals surface area contributed by atoms with Crippen molar-refractivity contribution < 1.29 is 40.1 Å². The molecular formula is C12H15ClF4NO5S+. The Morgan fingerprint density at radius 1 is 1.25 bits per heavy atom. The van der Waals surface area contributed by atoms with Crippen LogP contribution < -0.4 is 4.48 Å². The zero-order valence-electron chi connectivity index (χ0n) is 13.0. The highest BCUT2D eigenvalue weighted by Crippen LogP contribution is 2.29. The molecule has 138 valence electrons. The standard InChI is InChI=1S/C11H14ClFNO2.CHF3O3S/c1-14(2,3)10-6-8(12)7(5-9(10)13)11(15)16-4;2-1(3,4)8(5,6)7/h5-6H,1-4H3;(H,5,6,7)/q+1;. The molecule has 0 aliphatic carbocycles. The van der Waals surface area contributed by atoms with E-state index < -0.39 is 27.4 Å². The Morgan fingerprint density at radius 2 is 1.67 bits per heavy atom. The van der Waals surface area contributed by atoms with Crippen LogP contribution in [0.3, 0.4) is 0 Å². The van der Waals surface area contributed by atoms with Gasteiger partial charge in [0.2, 0.25) is 0 Å². The van der Waals surface area contributed by atoms with Crippen LogP contribution in [0.15, 0.2) is 12.1 Å². The lowest BCUT2D eigenvalue weighted by Crippen LogP contribution is -2.35. The lowest BCUT2D eigenvalue weighted by Gasteiger charge is -2.24. The number of carbonyl (C=O) groups excluding carboxylic acids is 1. The number of ether oxygens (including phenoxy) is 1. The molecule has 0 amide bonds. The third-order valence-corrected chi connectivity index (χ3v) is 3.35. The van der Waals surface area contributed by atoms with Gasteiger partial charge in [-0.1, -0.05) is 11.6 Å². The van der Waals surface area contributed by atoms with Gasteiger partial charge in [0.05, 0.1) is 38.8 Å². The van der Waals surface area contributed by atoms with E-state index in [1.54, 1.807) is 0 Å². The van der Waals surface area contributed by atoms with Crippen molar-refractivity contribution >= 4 is 33.4 Å². The van der Waals surface area contributed by atoms with E-state index in [9.17, 15) is 22.4 Å². The molecule has 0 saturated heterocycles. The number of rotatable bonds is 2. The molecule has 1 rings (SSSR count). The predicted molar refractivity (Wildman–Crippen MR) is 79.9 cm³/mol. The second-order valence-electron chi connectivity index (χ2n) is 5.21. The van der Waals surface area contributed by atoms with E-state index in [1.807, 2.05) is 21.1 Å². The Balaban J connectivity index is 0.000000561. The number of hydrogen-bond acceptors (Lipinski definition) is 4. The maximum atomic E-state index is 13.7. The van der Waals surface area contributed by atoms with Crippen LogP contribution in [0.2, 0.25) is 5.02 Å². The highest BCUT2D eigenvalue weighted by Gasteiger charge is 2.44. The summed E-state index contributed by atoms with van der Waals surface area (Å²) in [6.07, 6.45) is 0. The fraction of sp³-hybridized carbons (Fsp3) is 0.417. The van der Waals surface area contributed by atoms with Gasteiger partial charge in [-0.3, -0.25) is 9.04 Å². The fourth-order valence-electron chi connectivity index (χ4n) is 1.32. The van der Waals surface area contributed by atoms with E-state index >= 15 is 0 Å². The molecule has 1 aromatic rings. The van der Waals surface area contributed by atoms with Crippen molar-refractivity contribution in [3.63, 3.8) is 0 Å². The summed E-state index contributed by atoms with van der Waals surface area (Å²) in [4.78, 5) is 11.3. The van der Waals surface area contributed by atoms with E-state index in [-0.39, 0.29) is 15.1 Å². The molecule has 1 N–H and O–H groups in total. The van der Waals surface area contributed by atoms with E-state index in [0.717, 1.165) is 6.07 Å². The maximum Gasteiger partial charge on any atom is 0.522 e. The van der Waals surface area contributed by atoms with E-state index in [4.69, 9.17) is 24.6 Å². The number of carbonyl (C=O) groups is 1. The average molecular weight is 397 g/mol. The average Bonchev–Trinajstić information content (AvgIpc) is 2.37. The topological polar surface area (TPSA) is 80.7 Å². The molecule has 0 fully saturated rings. The Hall–Kier alpha value is -1.43. The minimum atomic E-state index is -5.84. The van der Waals surface area contributed by atoms with E-state index in [1.165, 1.54) is 13.2 Å². The third kappa shape index (κ3) is 6.23. The van der Waals surface area contributed by atoms with Crippen LogP contribution in [-0.4, -0.2) is 52.7 Å². The molecule has 6 nitrogen and oxygen atoms in total. The SMILES string of the molecule is COC(=O)c1cc(F)c([N+](C)(C)C)cc1Cl.O=S(=O)(O)C(F)(F)F. The molecule has 0 atom stereocenters. The third-order valence-electron chi connectivity index (χ3n) is 2.46. The summed E-state index contributed by atoms with van der Waals surface area (Å²) >= 11 is 5.90. The summed E-state index contributed by atoms with van der Waals surface area (Å²) in [6, 6.07) is 2.55. The largest absolute Gasteiger partial charge is 0.522 e. The zero-order valence-corrected chi connectivity index (χ0v) is 14.6. The highest BCUT2D eigenvalue weighted by molar-refractivity contribution is 7.86. The second-order valence-corrected chi connectivity index (χ2v) is 7.03. The fourth-order valence-corrected chi connectivity index (χ4v) is 1.55. The van der Waals surface area contributed by atoms with Crippen LogP contribution in [0, 0.1) is 5.82 Å². The van der Waals surface area contributed by atoms with Gasteiger partial charge in [-0.25, -0.2) is 9.18 Å². The van der Waals surface area contributed by atoms with Gasteiger partial charge in [0.25, 0.3) is 0 Å². The Kier molecular flexibility index (Phi) is 7.18. The molecule has 0 aliphatic heterocycles. The predicted octanol–water partition coefficient (Wildman–Crippen LogP) is 2.86. The van der Waals surface area contributed by atoms with Crippen molar-refractivity contribution in [3.05, 3.63) is 28.5 Å². The highest BCUT2D eigenvalue weighted by atomic mass is 35.5. The summed E-state index contributed by atoms with van der Waals surface area (Å²) < 4.78 is 76.1. The Morgan fingerprint density at radius 3 is 1.96 bits per heavy atom. The van der Waals surface area contributed by atoms with Crippen molar-refractivity contribution in [1.82, 2.24) is 4.48 Å². The first kappa shape index (κ1) is 22.6. The number of halogens is 5. The number of benzene rings is 1. The van der Waals surface area contributed by atoms with Crippen LogP contribution in [0.1, 0.15) is 10.4 Å². The molecule has 0 saturated carbocycles.